The summed E-state index contributed by atoms with van der Waals surface area (Å²) in [6.45, 7) is 16.1. The third kappa shape index (κ3) is 4.87. The van der Waals surface area contributed by atoms with Gasteiger partial charge in [-0.25, -0.2) is 23.7 Å². The van der Waals surface area contributed by atoms with Crippen LogP contribution in [0.3, 0.4) is 0 Å². The van der Waals surface area contributed by atoms with Gasteiger partial charge < -0.3 is 9.80 Å². The summed E-state index contributed by atoms with van der Waals surface area (Å²) >= 11 is 0. The van der Waals surface area contributed by atoms with Crippen molar-refractivity contribution < 1.29 is 9.18 Å². The Labute approximate surface area is 238 Å². The quantitative estimate of drug-likeness (QED) is 0.329. The smallest absolute Gasteiger partial charge is 0.348 e. The number of amides is 1. The largest absolute Gasteiger partial charge is 0.356 e. The number of pyridine rings is 1. The van der Waals surface area contributed by atoms with Gasteiger partial charge >= 0.3 is 5.69 Å². The number of aromatic nitrogens is 5. The van der Waals surface area contributed by atoms with Gasteiger partial charge in [-0.2, -0.15) is 4.98 Å². The van der Waals surface area contributed by atoms with Gasteiger partial charge in [0, 0.05) is 36.9 Å². The maximum absolute atomic E-state index is 15.0. The standard InChI is InChI=1S/C31H34FN7O2/c1-8-24(40)37-15-20(6)38(16-19(37)5)29-27-30(35-26(21(7)34-27)22-11-9-10-12-23(22)32)39(31(41)36-29)28-18(4)13-14-33-25(28)17(2)3/h8-14,17,19-20H,1,15-16H2,2-7H3. The van der Waals surface area contributed by atoms with Crippen molar-refractivity contribution in [3.05, 3.63) is 82.4 Å². The average molecular weight is 556 g/mol. The predicted octanol–water partition coefficient (Wildman–Crippen LogP) is 4.73. The Morgan fingerprint density at radius 3 is 2.49 bits per heavy atom. The summed E-state index contributed by atoms with van der Waals surface area (Å²) in [5.74, 6) is -0.184. The number of fused-ring (bicyclic) bond motifs is 1. The first kappa shape index (κ1) is 28.1. The Balaban J connectivity index is 1.83. The molecule has 0 saturated carbocycles. The first-order valence-corrected chi connectivity index (χ1v) is 13.7. The molecular formula is C31H34FN7O2. The van der Waals surface area contributed by atoms with E-state index in [1.807, 2.05) is 45.6 Å². The monoisotopic (exact) mass is 555 g/mol. The molecule has 1 aliphatic heterocycles. The molecule has 9 nitrogen and oxygen atoms in total. The van der Waals surface area contributed by atoms with Crippen molar-refractivity contribution in [2.24, 2.45) is 0 Å². The first-order valence-electron chi connectivity index (χ1n) is 13.7. The van der Waals surface area contributed by atoms with Crippen LogP contribution >= 0.6 is 0 Å². The Morgan fingerprint density at radius 1 is 1.07 bits per heavy atom. The molecule has 1 fully saturated rings. The molecule has 212 valence electrons. The molecule has 10 heteroatoms. The summed E-state index contributed by atoms with van der Waals surface area (Å²) in [4.78, 5) is 49.3. The van der Waals surface area contributed by atoms with Crippen molar-refractivity contribution in [2.45, 2.75) is 59.5 Å². The van der Waals surface area contributed by atoms with Crippen LogP contribution in [0.15, 0.2) is 54.0 Å². The summed E-state index contributed by atoms with van der Waals surface area (Å²) in [5.41, 5.74) is 3.44. The molecule has 1 aliphatic rings. The van der Waals surface area contributed by atoms with Gasteiger partial charge in [-0.05, 0) is 63.5 Å². The Morgan fingerprint density at radius 2 is 1.80 bits per heavy atom. The van der Waals surface area contributed by atoms with Crippen LogP contribution in [0, 0.1) is 19.7 Å². The highest BCUT2D eigenvalue weighted by Gasteiger charge is 2.34. The van der Waals surface area contributed by atoms with E-state index < -0.39 is 11.5 Å². The number of halogens is 1. The number of hydrogen-bond donors (Lipinski definition) is 0. The lowest BCUT2D eigenvalue weighted by Gasteiger charge is -2.44. The minimum Gasteiger partial charge on any atom is -0.348 e. The molecule has 5 rings (SSSR count). The number of aryl methyl sites for hydroxylation is 2. The fourth-order valence-electron chi connectivity index (χ4n) is 5.54. The van der Waals surface area contributed by atoms with Crippen LogP contribution < -0.4 is 10.6 Å². The van der Waals surface area contributed by atoms with E-state index in [0.717, 1.165) is 11.3 Å². The second-order valence-corrected chi connectivity index (χ2v) is 10.9. The molecule has 1 amide bonds. The highest BCUT2D eigenvalue weighted by molar-refractivity contribution is 5.89. The molecule has 41 heavy (non-hydrogen) atoms. The first-order chi connectivity index (χ1) is 19.5. The SMILES string of the molecule is C=CC(=O)N1CC(C)N(c2nc(=O)n(-c3c(C)ccnc3C(C)C)c3nc(-c4ccccc4F)c(C)nc23)CC1C. The number of piperazine rings is 1. The van der Waals surface area contributed by atoms with E-state index in [0.29, 0.717) is 47.1 Å². The minimum atomic E-state index is -0.535. The van der Waals surface area contributed by atoms with Crippen LogP contribution in [0.1, 0.15) is 50.6 Å². The molecule has 0 bridgehead atoms. The third-order valence-corrected chi connectivity index (χ3v) is 7.64. The second kappa shape index (κ2) is 10.8. The van der Waals surface area contributed by atoms with E-state index in [-0.39, 0.29) is 29.6 Å². The zero-order valence-electron chi connectivity index (χ0n) is 24.2. The number of carbonyl (C=O) groups is 1. The van der Waals surface area contributed by atoms with Gasteiger partial charge in [0.2, 0.25) is 5.91 Å². The van der Waals surface area contributed by atoms with Crippen LogP contribution in [0.4, 0.5) is 10.2 Å². The van der Waals surface area contributed by atoms with Crippen LogP contribution in [0.25, 0.3) is 28.1 Å². The Hall–Kier alpha value is -4.47. The maximum atomic E-state index is 15.0. The van der Waals surface area contributed by atoms with E-state index in [2.05, 4.69) is 16.5 Å². The zero-order chi connectivity index (χ0) is 29.6. The van der Waals surface area contributed by atoms with Gasteiger partial charge in [0.25, 0.3) is 0 Å². The minimum absolute atomic E-state index is 0.00678. The van der Waals surface area contributed by atoms with Gasteiger partial charge in [0.05, 0.1) is 22.8 Å². The fraction of sp³-hybridized carbons (Fsp3) is 0.355. The number of benzene rings is 1. The van der Waals surface area contributed by atoms with Gasteiger partial charge in [0.15, 0.2) is 11.5 Å². The van der Waals surface area contributed by atoms with E-state index in [9.17, 15) is 14.0 Å². The molecule has 0 N–H and O–H groups in total. The topological polar surface area (TPSA) is 97.1 Å². The number of nitrogens with zero attached hydrogens (tertiary/aromatic N) is 7. The highest BCUT2D eigenvalue weighted by atomic mass is 19.1. The fourth-order valence-corrected chi connectivity index (χ4v) is 5.54. The molecule has 4 aromatic rings. The molecule has 4 heterocycles. The number of hydrogen-bond acceptors (Lipinski definition) is 7. The van der Waals surface area contributed by atoms with Crippen molar-refractivity contribution in [3.8, 4) is 16.9 Å². The van der Waals surface area contributed by atoms with E-state index in [1.54, 1.807) is 36.2 Å². The number of anilines is 1. The third-order valence-electron chi connectivity index (χ3n) is 7.64. The van der Waals surface area contributed by atoms with Crippen molar-refractivity contribution in [1.29, 1.82) is 0 Å². The summed E-state index contributed by atoms with van der Waals surface area (Å²) in [6, 6.07) is 7.90. The molecule has 3 aromatic heterocycles. The molecule has 0 spiro atoms. The van der Waals surface area contributed by atoms with Gasteiger partial charge in [0.1, 0.15) is 11.3 Å². The number of rotatable bonds is 5. The highest BCUT2D eigenvalue weighted by Crippen LogP contribution is 2.33. The summed E-state index contributed by atoms with van der Waals surface area (Å²) in [6.07, 6.45) is 3.03. The zero-order valence-corrected chi connectivity index (χ0v) is 24.2. The normalized spacial score (nSPS) is 17.4. The predicted molar refractivity (Wildman–Crippen MR) is 158 cm³/mol. The summed E-state index contributed by atoms with van der Waals surface area (Å²) in [5, 5.41) is 0. The average Bonchev–Trinajstić information content (AvgIpc) is 2.94. The van der Waals surface area contributed by atoms with Gasteiger partial charge in [-0.15, -0.1) is 0 Å². The molecule has 1 aromatic carbocycles. The lowest BCUT2D eigenvalue weighted by atomic mass is 10.0. The molecule has 2 unspecified atom stereocenters. The van der Waals surface area contributed by atoms with E-state index in [1.165, 1.54) is 16.7 Å². The summed E-state index contributed by atoms with van der Waals surface area (Å²) in [7, 11) is 0. The van der Waals surface area contributed by atoms with Crippen LogP contribution in [-0.4, -0.2) is 60.5 Å². The Bertz CT molecular complexity index is 1730. The van der Waals surface area contributed by atoms with Gasteiger partial charge in [-0.3, -0.25) is 9.78 Å². The molecule has 0 radical (unpaired) electrons. The Kier molecular flexibility index (Phi) is 7.42. The van der Waals surface area contributed by atoms with Crippen molar-refractivity contribution in [1.82, 2.24) is 29.4 Å². The van der Waals surface area contributed by atoms with Crippen molar-refractivity contribution >= 4 is 22.9 Å². The second-order valence-electron chi connectivity index (χ2n) is 10.9. The van der Waals surface area contributed by atoms with Crippen LogP contribution in [0.5, 0.6) is 0 Å². The molecule has 0 aliphatic carbocycles. The molecular weight excluding hydrogens is 521 g/mol. The lowest BCUT2D eigenvalue weighted by Crippen LogP contribution is -2.58. The molecule has 1 saturated heterocycles. The van der Waals surface area contributed by atoms with E-state index >= 15 is 0 Å². The molecule has 2 atom stereocenters. The maximum Gasteiger partial charge on any atom is 0.356 e. The van der Waals surface area contributed by atoms with Crippen LogP contribution in [0.2, 0.25) is 0 Å². The van der Waals surface area contributed by atoms with Crippen molar-refractivity contribution in [2.75, 3.05) is 18.0 Å². The lowest BCUT2D eigenvalue weighted by molar-refractivity contribution is -0.128. The summed E-state index contributed by atoms with van der Waals surface area (Å²) < 4.78 is 16.4. The van der Waals surface area contributed by atoms with Crippen molar-refractivity contribution in [3.63, 3.8) is 0 Å². The van der Waals surface area contributed by atoms with E-state index in [4.69, 9.17) is 9.97 Å². The number of carbonyl (C=O) groups excluding carboxylic acids is 1. The van der Waals surface area contributed by atoms with Gasteiger partial charge in [-0.1, -0.05) is 32.6 Å². The van der Waals surface area contributed by atoms with Crippen LogP contribution in [-0.2, 0) is 4.79 Å².